The molecule has 0 saturated heterocycles. The average Bonchev–Trinajstić information content (AvgIpc) is 3.02. The van der Waals surface area contributed by atoms with Gasteiger partial charge in [0.05, 0.1) is 12.6 Å². The van der Waals surface area contributed by atoms with Gasteiger partial charge in [0.25, 0.3) is 0 Å². The minimum absolute atomic E-state index is 0.0186. The molecule has 3 N–H and O–H groups in total. The van der Waals surface area contributed by atoms with Gasteiger partial charge in [0.2, 0.25) is 0 Å². The van der Waals surface area contributed by atoms with Gasteiger partial charge in [-0.2, -0.15) is 9.97 Å². The molecule has 0 aliphatic rings. The van der Waals surface area contributed by atoms with E-state index < -0.39 is 0 Å². The van der Waals surface area contributed by atoms with Crippen LogP contribution in [0, 0.1) is 0 Å². The Morgan fingerprint density at radius 3 is 2.77 bits per heavy atom. The lowest BCUT2D eigenvalue weighted by atomic mass is 10.1. The van der Waals surface area contributed by atoms with Crippen molar-refractivity contribution < 1.29 is 9.84 Å². The van der Waals surface area contributed by atoms with Crippen LogP contribution >= 0.6 is 11.3 Å². The number of aromatic amines is 1. The molecule has 0 aliphatic carbocycles. The van der Waals surface area contributed by atoms with Crippen LogP contribution in [0.2, 0.25) is 0 Å². The number of ether oxygens (including phenoxy) is 1. The lowest BCUT2D eigenvalue weighted by Crippen LogP contribution is -2.24. The van der Waals surface area contributed by atoms with Crippen molar-refractivity contribution in [1.29, 1.82) is 0 Å². The molecule has 26 heavy (non-hydrogen) atoms. The highest BCUT2D eigenvalue weighted by Crippen LogP contribution is 2.27. The smallest absolute Gasteiger partial charge is 0.321 e. The molecule has 0 aliphatic heterocycles. The highest BCUT2D eigenvalue weighted by atomic mass is 32.1. The number of rotatable bonds is 8. The third-order valence-corrected chi connectivity index (χ3v) is 4.89. The summed E-state index contributed by atoms with van der Waals surface area (Å²) in [5.74, 6) is 0.501. The summed E-state index contributed by atoms with van der Waals surface area (Å²) < 4.78 is 6.52. The zero-order valence-electron chi connectivity index (χ0n) is 14.7. The summed E-state index contributed by atoms with van der Waals surface area (Å²) in [6.07, 6.45) is 1.47. The van der Waals surface area contributed by atoms with E-state index in [-0.39, 0.29) is 29.6 Å². The number of aliphatic hydroxyl groups is 1. The molecule has 1 aromatic carbocycles. The van der Waals surface area contributed by atoms with Crippen molar-refractivity contribution in [2.24, 2.45) is 0 Å². The van der Waals surface area contributed by atoms with E-state index >= 15 is 0 Å². The monoisotopic (exact) mass is 374 g/mol. The van der Waals surface area contributed by atoms with Gasteiger partial charge in [-0.1, -0.05) is 55.0 Å². The third-order valence-electron chi connectivity index (χ3n) is 4.01. The van der Waals surface area contributed by atoms with E-state index in [0.29, 0.717) is 16.2 Å². The van der Waals surface area contributed by atoms with Crippen LogP contribution in [-0.4, -0.2) is 32.7 Å². The Kier molecular flexibility index (Phi) is 5.85. The maximum absolute atomic E-state index is 11.8. The normalized spacial score (nSPS) is 13.5. The Hall–Kier alpha value is -2.45. The van der Waals surface area contributed by atoms with Crippen molar-refractivity contribution in [2.45, 2.75) is 38.8 Å². The van der Waals surface area contributed by atoms with Crippen LogP contribution in [0.4, 0.5) is 5.82 Å². The Balaban J connectivity index is 1.92. The molecule has 0 saturated carbocycles. The van der Waals surface area contributed by atoms with Gasteiger partial charge in [-0.25, -0.2) is 0 Å². The second-order valence-corrected chi connectivity index (χ2v) is 7.01. The van der Waals surface area contributed by atoms with Crippen LogP contribution in [0.5, 0.6) is 6.01 Å². The zero-order chi connectivity index (χ0) is 18.5. The summed E-state index contributed by atoms with van der Waals surface area (Å²) in [6.45, 7) is 3.94. The van der Waals surface area contributed by atoms with Crippen molar-refractivity contribution in [3.63, 3.8) is 0 Å². The first-order valence-corrected chi connectivity index (χ1v) is 9.42. The second-order valence-electron chi connectivity index (χ2n) is 6.03. The van der Waals surface area contributed by atoms with Gasteiger partial charge < -0.3 is 15.2 Å². The van der Waals surface area contributed by atoms with E-state index in [1.54, 1.807) is 0 Å². The summed E-state index contributed by atoms with van der Waals surface area (Å²) in [6, 6.07) is 9.81. The number of benzene rings is 1. The number of aromatic nitrogens is 3. The number of nitrogens with one attached hydrogen (secondary N) is 2. The molecule has 0 unspecified atom stereocenters. The van der Waals surface area contributed by atoms with Crippen LogP contribution < -0.4 is 14.9 Å². The van der Waals surface area contributed by atoms with E-state index in [9.17, 15) is 9.90 Å². The summed E-state index contributed by atoms with van der Waals surface area (Å²) in [5, 5.41) is 12.8. The van der Waals surface area contributed by atoms with E-state index in [0.717, 1.165) is 29.7 Å². The predicted octanol–water partition coefficient (Wildman–Crippen LogP) is 3.09. The highest BCUT2D eigenvalue weighted by Gasteiger charge is 2.17. The Labute approximate surface area is 155 Å². The first-order valence-electron chi connectivity index (χ1n) is 8.60. The van der Waals surface area contributed by atoms with Crippen LogP contribution in [0.15, 0.2) is 35.1 Å². The van der Waals surface area contributed by atoms with Gasteiger partial charge in [-0.05, 0) is 18.9 Å². The minimum Gasteiger partial charge on any atom is -0.455 e. The number of hydrogen-bond acceptors (Lipinski definition) is 7. The molecule has 138 valence electrons. The van der Waals surface area contributed by atoms with Crippen molar-refractivity contribution in [1.82, 2.24) is 15.0 Å². The maximum Gasteiger partial charge on any atom is 0.321 e. The zero-order valence-corrected chi connectivity index (χ0v) is 15.5. The van der Waals surface area contributed by atoms with Crippen LogP contribution in [0.3, 0.4) is 0 Å². The van der Waals surface area contributed by atoms with E-state index in [1.807, 2.05) is 44.2 Å². The predicted molar refractivity (Wildman–Crippen MR) is 103 cm³/mol. The van der Waals surface area contributed by atoms with Crippen molar-refractivity contribution in [2.75, 3.05) is 11.9 Å². The quantitative estimate of drug-likeness (QED) is 0.560. The number of H-pyrrole nitrogens is 1. The maximum atomic E-state index is 11.8. The van der Waals surface area contributed by atoms with E-state index in [1.165, 1.54) is 0 Å². The molecule has 0 bridgehead atoms. The molecule has 7 nitrogen and oxygen atoms in total. The molecule has 2 atom stereocenters. The molecule has 2 aromatic heterocycles. The largest absolute Gasteiger partial charge is 0.455 e. The molecule has 0 fully saturated rings. The molecular weight excluding hydrogens is 352 g/mol. The lowest BCUT2D eigenvalue weighted by molar-refractivity contribution is 0.208. The number of anilines is 1. The van der Waals surface area contributed by atoms with Gasteiger partial charge in [0, 0.05) is 0 Å². The molecule has 8 heteroatoms. The summed E-state index contributed by atoms with van der Waals surface area (Å²) in [7, 11) is 0. The van der Waals surface area contributed by atoms with Crippen LogP contribution in [0.25, 0.3) is 10.3 Å². The second kappa shape index (κ2) is 8.29. The van der Waals surface area contributed by atoms with Gasteiger partial charge in [-0.15, -0.1) is 0 Å². The molecule has 0 radical (unpaired) electrons. The minimum atomic E-state index is -0.240. The lowest BCUT2D eigenvalue weighted by Gasteiger charge is -2.18. The Morgan fingerprint density at radius 2 is 2.08 bits per heavy atom. The summed E-state index contributed by atoms with van der Waals surface area (Å²) in [5.41, 5.74) is 1.43. The number of fused-ring (bicyclic) bond motifs is 1. The molecule has 2 heterocycles. The molecular formula is C18H22N4O3S. The summed E-state index contributed by atoms with van der Waals surface area (Å²) in [4.78, 5) is 23.0. The third kappa shape index (κ3) is 4.20. The highest BCUT2D eigenvalue weighted by molar-refractivity contribution is 7.16. The van der Waals surface area contributed by atoms with Crippen LogP contribution in [0.1, 0.15) is 38.4 Å². The number of hydrogen-bond donors (Lipinski definition) is 3. The van der Waals surface area contributed by atoms with Gasteiger partial charge in [0.1, 0.15) is 10.8 Å². The van der Waals surface area contributed by atoms with Crippen molar-refractivity contribution in [3.05, 3.63) is 45.6 Å². The Bertz CT molecular complexity index is 910. The van der Waals surface area contributed by atoms with Crippen molar-refractivity contribution >= 4 is 27.5 Å². The van der Waals surface area contributed by atoms with Gasteiger partial charge in [0.15, 0.2) is 11.5 Å². The average molecular weight is 374 g/mol. The fourth-order valence-corrected chi connectivity index (χ4v) is 3.41. The standard InChI is InChI=1S/C18H22N4O3S/c1-3-7-13(10-23)19-15-14-16(22-18(24)26-14)21-17(20-15)25-11(2)12-8-5-4-6-9-12/h4-6,8-9,11,13,23H,3,7,10H2,1-2H3,(H2,19,20,21,22,24)/t11-,13+/m0/s1. The van der Waals surface area contributed by atoms with Crippen molar-refractivity contribution in [3.8, 4) is 6.01 Å². The molecule has 0 spiro atoms. The van der Waals surface area contributed by atoms with Gasteiger partial charge >= 0.3 is 10.9 Å². The molecule has 3 rings (SSSR count). The van der Waals surface area contributed by atoms with Crippen LogP contribution in [-0.2, 0) is 0 Å². The fourth-order valence-electron chi connectivity index (χ4n) is 2.68. The molecule has 0 amide bonds. The Morgan fingerprint density at radius 1 is 1.31 bits per heavy atom. The topological polar surface area (TPSA) is 100 Å². The number of thiazole rings is 1. The number of nitrogens with zero attached hydrogens (tertiary/aromatic N) is 2. The van der Waals surface area contributed by atoms with Gasteiger partial charge in [-0.3, -0.25) is 9.78 Å². The van der Waals surface area contributed by atoms with E-state index in [2.05, 4.69) is 20.3 Å². The molecule has 3 aromatic rings. The number of aliphatic hydroxyl groups excluding tert-OH is 1. The summed E-state index contributed by atoms with van der Waals surface area (Å²) >= 11 is 1.04. The fraction of sp³-hybridized carbons (Fsp3) is 0.389. The first-order chi connectivity index (χ1) is 12.6. The first kappa shape index (κ1) is 18.3. The van der Waals surface area contributed by atoms with E-state index in [4.69, 9.17) is 4.74 Å². The SMILES string of the molecule is CCC[C@H](CO)Nc1nc(O[C@@H](C)c2ccccc2)nc2[nH]c(=O)sc12.